The molecule has 0 aliphatic rings. The number of halogens is 1. The van der Waals surface area contributed by atoms with Crippen molar-refractivity contribution in [3.8, 4) is 17.0 Å². The monoisotopic (exact) mass is 424 g/mol. The first-order chi connectivity index (χ1) is 14.9. The zero-order valence-corrected chi connectivity index (χ0v) is 16.8. The number of nitrogens with one attached hydrogen (secondary N) is 2. The van der Waals surface area contributed by atoms with Gasteiger partial charge in [-0.2, -0.15) is 5.10 Å². The number of rotatable bonds is 8. The van der Waals surface area contributed by atoms with Crippen molar-refractivity contribution in [1.82, 2.24) is 15.1 Å². The Balaban J connectivity index is 1.51. The molecule has 9 heteroatoms. The molecule has 2 amide bonds. The number of aromatic nitrogens is 2. The summed E-state index contributed by atoms with van der Waals surface area (Å²) in [6.07, 6.45) is 0. The van der Waals surface area contributed by atoms with Crippen LogP contribution in [0.1, 0.15) is 6.92 Å². The minimum Gasteiger partial charge on any atom is -0.484 e. The van der Waals surface area contributed by atoms with Crippen LogP contribution in [-0.2, 0) is 16.1 Å². The lowest BCUT2D eigenvalue weighted by Gasteiger charge is -2.10. The summed E-state index contributed by atoms with van der Waals surface area (Å²) in [7, 11) is 0. The average Bonchev–Trinajstić information content (AvgIpc) is 2.74. The topological polar surface area (TPSA) is 102 Å². The maximum absolute atomic E-state index is 13.1. The van der Waals surface area contributed by atoms with Crippen LogP contribution in [0.3, 0.4) is 0 Å². The Morgan fingerprint density at radius 2 is 1.87 bits per heavy atom. The van der Waals surface area contributed by atoms with Crippen molar-refractivity contribution in [3.63, 3.8) is 0 Å². The van der Waals surface area contributed by atoms with E-state index in [-0.39, 0.29) is 42.9 Å². The van der Waals surface area contributed by atoms with Crippen LogP contribution < -0.4 is 20.9 Å². The highest BCUT2D eigenvalue weighted by Crippen LogP contribution is 2.17. The van der Waals surface area contributed by atoms with Gasteiger partial charge in [-0.05, 0) is 42.5 Å². The van der Waals surface area contributed by atoms with Gasteiger partial charge in [-0.1, -0.05) is 6.07 Å². The van der Waals surface area contributed by atoms with Crippen LogP contribution in [0.15, 0.2) is 65.5 Å². The number of ether oxygens (including phenoxy) is 1. The molecule has 160 valence electrons. The number of benzene rings is 2. The maximum Gasteiger partial charge on any atom is 0.266 e. The summed E-state index contributed by atoms with van der Waals surface area (Å²) in [6, 6.07) is 15.4. The van der Waals surface area contributed by atoms with Gasteiger partial charge in [-0.15, -0.1) is 0 Å². The Morgan fingerprint density at radius 3 is 2.61 bits per heavy atom. The molecular weight excluding hydrogens is 403 g/mol. The zero-order chi connectivity index (χ0) is 22.2. The minimum atomic E-state index is -0.368. The van der Waals surface area contributed by atoms with E-state index >= 15 is 0 Å². The summed E-state index contributed by atoms with van der Waals surface area (Å²) in [5.41, 5.74) is 1.45. The van der Waals surface area contributed by atoms with Gasteiger partial charge in [0.1, 0.15) is 11.6 Å². The zero-order valence-electron chi connectivity index (χ0n) is 16.8. The van der Waals surface area contributed by atoms with E-state index in [1.54, 1.807) is 42.5 Å². The summed E-state index contributed by atoms with van der Waals surface area (Å²) in [4.78, 5) is 35.2. The summed E-state index contributed by atoms with van der Waals surface area (Å²) < 4.78 is 19.7. The molecule has 1 heterocycles. The normalized spacial score (nSPS) is 10.4. The van der Waals surface area contributed by atoms with E-state index < -0.39 is 0 Å². The second-order valence-corrected chi connectivity index (χ2v) is 6.63. The van der Waals surface area contributed by atoms with E-state index in [0.717, 1.165) is 0 Å². The Kier molecular flexibility index (Phi) is 7.10. The number of carbonyl (C=O) groups is 2. The Morgan fingerprint density at radius 1 is 1.10 bits per heavy atom. The van der Waals surface area contributed by atoms with Crippen molar-refractivity contribution in [3.05, 3.63) is 76.8 Å². The Labute approximate surface area is 177 Å². The summed E-state index contributed by atoms with van der Waals surface area (Å²) in [6.45, 7) is 1.52. The SMILES string of the molecule is CC(=O)Nc1cccc(OCC(=O)NCCn2nc(-c3ccc(F)cc3)ccc2=O)c1. The molecule has 0 aliphatic heterocycles. The van der Waals surface area contributed by atoms with Gasteiger partial charge in [0.05, 0.1) is 12.2 Å². The molecule has 0 radical (unpaired) electrons. The number of carbonyl (C=O) groups excluding carboxylic acids is 2. The number of hydrogen-bond donors (Lipinski definition) is 2. The minimum absolute atomic E-state index is 0.164. The first kappa shape index (κ1) is 21.7. The van der Waals surface area contributed by atoms with Gasteiger partial charge < -0.3 is 15.4 Å². The van der Waals surface area contributed by atoms with Crippen molar-refractivity contribution in [2.24, 2.45) is 0 Å². The summed E-state index contributed by atoms with van der Waals surface area (Å²) >= 11 is 0. The van der Waals surface area contributed by atoms with Gasteiger partial charge in [-0.3, -0.25) is 14.4 Å². The van der Waals surface area contributed by atoms with Crippen LogP contribution in [0.4, 0.5) is 10.1 Å². The van der Waals surface area contributed by atoms with E-state index in [2.05, 4.69) is 15.7 Å². The first-order valence-electron chi connectivity index (χ1n) is 9.52. The molecule has 2 N–H and O–H groups in total. The molecule has 31 heavy (non-hydrogen) atoms. The molecule has 0 aliphatic carbocycles. The van der Waals surface area contributed by atoms with Crippen LogP contribution >= 0.6 is 0 Å². The van der Waals surface area contributed by atoms with E-state index in [9.17, 15) is 18.8 Å². The number of amides is 2. The lowest BCUT2D eigenvalue weighted by molar-refractivity contribution is -0.123. The Bertz CT molecular complexity index is 1130. The van der Waals surface area contributed by atoms with Crippen molar-refractivity contribution in [2.45, 2.75) is 13.5 Å². The van der Waals surface area contributed by atoms with Gasteiger partial charge in [0.25, 0.3) is 11.5 Å². The van der Waals surface area contributed by atoms with Gasteiger partial charge in [-0.25, -0.2) is 9.07 Å². The molecule has 2 aromatic carbocycles. The van der Waals surface area contributed by atoms with Crippen LogP contribution in [0.5, 0.6) is 5.75 Å². The predicted octanol–water partition coefficient (Wildman–Crippen LogP) is 2.20. The quantitative estimate of drug-likeness (QED) is 0.577. The molecule has 3 aromatic rings. The summed E-state index contributed by atoms with van der Waals surface area (Å²) in [5.74, 6) is -0.495. The van der Waals surface area contributed by atoms with E-state index in [0.29, 0.717) is 22.7 Å². The first-order valence-corrected chi connectivity index (χ1v) is 9.52. The van der Waals surface area contributed by atoms with E-state index in [1.165, 1.54) is 29.8 Å². The highest BCUT2D eigenvalue weighted by atomic mass is 19.1. The largest absolute Gasteiger partial charge is 0.484 e. The van der Waals surface area contributed by atoms with Crippen LogP contribution in [0, 0.1) is 5.82 Å². The second-order valence-electron chi connectivity index (χ2n) is 6.63. The highest BCUT2D eigenvalue weighted by Gasteiger charge is 2.07. The molecule has 0 spiro atoms. The lowest BCUT2D eigenvalue weighted by Crippen LogP contribution is -2.34. The van der Waals surface area contributed by atoms with Crippen molar-refractivity contribution in [2.75, 3.05) is 18.5 Å². The standard InChI is InChI=1S/C22H21FN4O4/c1-15(28)25-18-3-2-4-19(13-18)31-14-21(29)24-11-12-27-22(30)10-9-20(26-27)16-5-7-17(23)8-6-16/h2-10,13H,11-12,14H2,1H3,(H,24,29)(H,25,28). The molecule has 0 atom stereocenters. The third-order valence-electron chi connectivity index (χ3n) is 4.18. The van der Waals surface area contributed by atoms with Crippen LogP contribution in [0.25, 0.3) is 11.3 Å². The van der Waals surface area contributed by atoms with Crippen LogP contribution in [0.2, 0.25) is 0 Å². The average molecular weight is 424 g/mol. The lowest BCUT2D eigenvalue weighted by atomic mass is 10.1. The summed E-state index contributed by atoms with van der Waals surface area (Å²) in [5, 5.41) is 9.55. The fraction of sp³-hybridized carbons (Fsp3) is 0.182. The maximum atomic E-state index is 13.1. The van der Waals surface area contributed by atoms with Crippen LogP contribution in [-0.4, -0.2) is 34.7 Å². The fourth-order valence-electron chi connectivity index (χ4n) is 2.75. The van der Waals surface area contributed by atoms with Crippen molar-refractivity contribution in [1.29, 1.82) is 0 Å². The molecule has 0 unspecified atom stereocenters. The molecule has 0 fully saturated rings. The fourth-order valence-corrected chi connectivity index (χ4v) is 2.75. The number of anilines is 1. The molecule has 3 rings (SSSR count). The van der Waals surface area contributed by atoms with Crippen molar-refractivity contribution >= 4 is 17.5 Å². The van der Waals surface area contributed by atoms with Gasteiger partial charge in [0, 0.05) is 36.9 Å². The highest BCUT2D eigenvalue weighted by molar-refractivity contribution is 5.88. The van der Waals surface area contributed by atoms with Gasteiger partial charge >= 0.3 is 0 Å². The van der Waals surface area contributed by atoms with E-state index in [4.69, 9.17) is 4.74 Å². The smallest absolute Gasteiger partial charge is 0.266 e. The molecule has 0 saturated heterocycles. The third-order valence-corrected chi connectivity index (χ3v) is 4.18. The van der Waals surface area contributed by atoms with Gasteiger partial charge in [0.2, 0.25) is 5.91 Å². The molecule has 1 aromatic heterocycles. The number of hydrogen-bond acceptors (Lipinski definition) is 5. The second kappa shape index (κ2) is 10.1. The van der Waals surface area contributed by atoms with E-state index in [1.807, 2.05) is 0 Å². The predicted molar refractivity (Wildman–Crippen MR) is 113 cm³/mol. The van der Waals surface area contributed by atoms with Gasteiger partial charge in [0.15, 0.2) is 6.61 Å². The molecule has 0 saturated carbocycles. The number of nitrogens with zero attached hydrogens (tertiary/aromatic N) is 2. The van der Waals surface area contributed by atoms with Crippen molar-refractivity contribution < 1.29 is 18.7 Å². The molecule has 0 bridgehead atoms. The Hall–Kier alpha value is -4.01. The molecule has 8 nitrogen and oxygen atoms in total. The molecular formula is C22H21FN4O4. The third kappa shape index (κ3) is 6.49.